The lowest BCUT2D eigenvalue weighted by Gasteiger charge is -2.20. The molecule has 1 aliphatic rings. The standard InChI is InChI=1S/C16H22N6O2/c1-5-16(23)7-6-11(8-16)22-10-17-12-13(22)19-15(18-9-21(2)3)20-14(12)24-4/h6-7,9-11,23H,5,8H2,1-4H3/t11-,16+/m0/s1. The predicted octanol–water partition coefficient (Wildman–Crippen LogP) is 1.70. The van der Waals surface area contributed by atoms with Gasteiger partial charge in [-0.05, 0) is 6.42 Å². The van der Waals surface area contributed by atoms with Gasteiger partial charge in [0.15, 0.2) is 11.2 Å². The number of allylic oxidation sites excluding steroid dienone is 1. The third-order valence-corrected chi connectivity index (χ3v) is 4.14. The van der Waals surface area contributed by atoms with Crippen molar-refractivity contribution in [2.75, 3.05) is 21.2 Å². The summed E-state index contributed by atoms with van der Waals surface area (Å²) in [4.78, 5) is 19.2. The van der Waals surface area contributed by atoms with Gasteiger partial charge in [0, 0.05) is 20.5 Å². The molecule has 2 aromatic heterocycles. The summed E-state index contributed by atoms with van der Waals surface area (Å²) in [6.45, 7) is 1.97. The van der Waals surface area contributed by atoms with E-state index in [0.717, 1.165) is 0 Å². The van der Waals surface area contributed by atoms with Gasteiger partial charge in [-0.2, -0.15) is 9.97 Å². The van der Waals surface area contributed by atoms with E-state index in [-0.39, 0.29) is 6.04 Å². The van der Waals surface area contributed by atoms with Gasteiger partial charge in [-0.1, -0.05) is 19.1 Å². The van der Waals surface area contributed by atoms with Crippen molar-refractivity contribution in [2.24, 2.45) is 4.99 Å². The number of aliphatic imine (C=N–C) groups is 1. The van der Waals surface area contributed by atoms with Crippen molar-refractivity contribution in [3.05, 3.63) is 18.5 Å². The fraction of sp³-hybridized carbons (Fsp3) is 0.500. The molecule has 24 heavy (non-hydrogen) atoms. The van der Waals surface area contributed by atoms with Gasteiger partial charge in [-0.15, -0.1) is 0 Å². The van der Waals surface area contributed by atoms with Crippen LogP contribution in [0.25, 0.3) is 11.2 Å². The lowest BCUT2D eigenvalue weighted by atomic mass is 9.99. The zero-order chi connectivity index (χ0) is 17.3. The van der Waals surface area contributed by atoms with E-state index < -0.39 is 5.60 Å². The van der Waals surface area contributed by atoms with Gasteiger partial charge in [0.1, 0.15) is 0 Å². The van der Waals surface area contributed by atoms with Crippen LogP contribution in [0.4, 0.5) is 5.95 Å². The zero-order valence-electron chi connectivity index (χ0n) is 14.3. The quantitative estimate of drug-likeness (QED) is 0.510. The first-order valence-corrected chi connectivity index (χ1v) is 7.86. The minimum absolute atomic E-state index is 0.00904. The van der Waals surface area contributed by atoms with E-state index in [4.69, 9.17) is 4.74 Å². The van der Waals surface area contributed by atoms with Crippen LogP contribution in [0.1, 0.15) is 25.8 Å². The summed E-state index contributed by atoms with van der Waals surface area (Å²) < 4.78 is 7.26. The number of rotatable bonds is 5. The molecular weight excluding hydrogens is 308 g/mol. The number of ether oxygens (including phenoxy) is 1. The highest BCUT2D eigenvalue weighted by Gasteiger charge is 2.32. The number of aromatic nitrogens is 4. The van der Waals surface area contributed by atoms with Crippen molar-refractivity contribution in [2.45, 2.75) is 31.4 Å². The number of methoxy groups -OCH3 is 1. The second kappa shape index (κ2) is 6.20. The SMILES string of the molecule is CC[C@@]1(O)C=C[C@H](n2cnc3c(OC)nc(N=CN(C)C)nc32)C1. The Kier molecular flexibility index (Phi) is 4.23. The second-order valence-electron chi connectivity index (χ2n) is 6.15. The molecule has 0 saturated carbocycles. The van der Waals surface area contributed by atoms with E-state index in [1.807, 2.05) is 37.7 Å². The average Bonchev–Trinajstić information content (AvgIpc) is 3.16. The molecule has 0 saturated heterocycles. The lowest BCUT2D eigenvalue weighted by Crippen LogP contribution is -2.23. The minimum Gasteiger partial charge on any atom is -0.479 e. The molecular formula is C16H22N6O2. The van der Waals surface area contributed by atoms with Gasteiger partial charge in [0.25, 0.3) is 5.95 Å². The van der Waals surface area contributed by atoms with Crippen molar-refractivity contribution in [3.63, 3.8) is 0 Å². The van der Waals surface area contributed by atoms with Crippen molar-refractivity contribution in [1.29, 1.82) is 0 Å². The van der Waals surface area contributed by atoms with Crippen LogP contribution < -0.4 is 4.74 Å². The fourth-order valence-electron chi connectivity index (χ4n) is 2.73. The van der Waals surface area contributed by atoms with Gasteiger partial charge < -0.3 is 19.3 Å². The molecule has 0 spiro atoms. The molecule has 0 radical (unpaired) electrons. The molecule has 0 aliphatic heterocycles. The van der Waals surface area contributed by atoms with E-state index in [0.29, 0.717) is 35.8 Å². The Balaban J connectivity index is 2.04. The molecule has 1 N–H and O–H groups in total. The second-order valence-corrected chi connectivity index (χ2v) is 6.15. The van der Waals surface area contributed by atoms with Gasteiger partial charge in [-0.3, -0.25) is 0 Å². The van der Waals surface area contributed by atoms with E-state index in [1.165, 1.54) is 0 Å². The van der Waals surface area contributed by atoms with Crippen LogP contribution in [-0.4, -0.2) is 62.7 Å². The van der Waals surface area contributed by atoms with Crippen LogP contribution in [0.3, 0.4) is 0 Å². The highest BCUT2D eigenvalue weighted by Crippen LogP contribution is 2.35. The molecule has 3 rings (SSSR count). The van der Waals surface area contributed by atoms with Crippen molar-refractivity contribution in [1.82, 2.24) is 24.4 Å². The molecule has 8 nitrogen and oxygen atoms in total. The summed E-state index contributed by atoms with van der Waals surface area (Å²) in [6, 6.07) is -0.00904. The van der Waals surface area contributed by atoms with Gasteiger partial charge in [-0.25, -0.2) is 9.98 Å². The topological polar surface area (TPSA) is 88.7 Å². The monoisotopic (exact) mass is 330 g/mol. The van der Waals surface area contributed by atoms with Gasteiger partial charge in [0.2, 0.25) is 5.88 Å². The van der Waals surface area contributed by atoms with Crippen LogP contribution in [0.5, 0.6) is 5.88 Å². The zero-order valence-corrected chi connectivity index (χ0v) is 14.3. The third-order valence-electron chi connectivity index (χ3n) is 4.14. The lowest BCUT2D eigenvalue weighted by molar-refractivity contribution is 0.0785. The molecule has 2 aromatic rings. The normalized spacial score (nSPS) is 23.5. The number of hydrogen-bond acceptors (Lipinski definition) is 6. The van der Waals surface area contributed by atoms with Gasteiger partial charge >= 0.3 is 0 Å². The molecule has 0 amide bonds. The molecule has 8 heteroatoms. The van der Waals surface area contributed by atoms with E-state index in [2.05, 4.69) is 19.9 Å². The highest BCUT2D eigenvalue weighted by atomic mass is 16.5. The number of fused-ring (bicyclic) bond motifs is 1. The highest BCUT2D eigenvalue weighted by molar-refractivity contribution is 5.78. The molecule has 2 atom stereocenters. The van der Waals surface area contributed by atoms with Gasteiger partial charge in [0.05, 0.1) is 31.4 Å². The number of hydrogen-bond donors (Lipinski definition) is 1. The molecule has 0 unspecified atom stereocenters. The van der Waals surface area contributed by atoms with Crippen LogP contribution in [0.15, 0.2) is 23.5 Å². The largest absolute Gasteiger partial charge is 0.479 e. The Morgan fingerprint density at radius 3 is 2.92 bits per heavy atom. The molecule has 128 valence electrons. The third kappa shape index (κ3) is 2.96. The summed E-state index contributed by atoms with van der Waals surface area (Å²) in [7, 11) is 5.29. The molecule has 0 aromatic carbocycles. The first-order chi connectivity index (χ1) is 11.5. The van der Waals surface area contributed by atoms with Crippen LogP contribution in [0.2, 0.25) is 0 Å². The maximum Gasteiger partial charge on any atom is 0.256 e. The Bertz CT molecular complexity index is 797. The first-order valence-electron chi connectivity index (χ1n) is 7.86. The van der Waals surface area contributed by atoms with Crippen molar-refractivity contribution in [3.8, 4) is 5.88 Å². The Hall–Kier alpha value is -2.48. The maximum absolute atomic E-state index is 10.4. The maximum atomic E-state index is 10.4. The molecule has 1 aliphatic carbocycles. The summed E-state index contributed by atoms with van der Waals surface area (Å²) in [5.41, 5.74) is 0.453. The fourth-order valence-corrected chi connectivity index (χ4v) is 2.73. The van der Waals surface area contributed by atoms with Crippen molar-refractivity contribution >= 4 is 23.5 Å². The Morgan fingerprint density at radius 1 is 1.50 bits per heavy atom. The first kappa shape index (κ1) is 16.4. The number of aliphatic hydroxyl groups is 1. The minimum atomic E-state index is -0.774. The summed E-state index contributed by atoms with van der Waals surface area (Å²) in [6.07, 6.45) is 8.44. The Morgan fingerprint density at radius 2 is 2.29 bits per heavy atom. The predicted molar refractivity (Wildman–Crippen MR) is 91.7 cm³/mol. The molecule has 2 heterocycles. The Labute approximate surface area is 140 Å². The van der Waals surface area contributed by atoms with E-state index >= 15 is 0 Å². The smallest absolute Gasteiger partial charge is 0.256 e. The summed E-state index contributed by atoms with van der Waals surface area (Å²) in [5.74, 6) is 0.694. The number of imidazole rings is 1. The average molecular weight is 330 g/mol. The van der Waals surface area contributed by atoms with Crippen LogP contribution in [-0.2, 0) is 0 Å². The molecule has 0 fully saturated rings. The van der Waals surface area contributed by atoms with Crippen molar-refractivity contribution < 1.29 is 9.84 Å². The number of nitrogens with zero attached hydrogens (tertiary/aromatic N) is 6. The summed E-state index contributed by atoms with van der Waals surface area (Å²) >= 11 is 0. The summed E-state index contributed by atoms with van der Waals surface area (Å²) in [5, 5.41) is 10.4. The van der Waals surface area contributed by atoms with Crippen LogP contribution in [0, 0.1) is 0 Å². The van der Waals surface area contributed by atoms with E-state index in [9.17, 15) is 5.11 Å². The molecule has 0 bridgehead atoms. The van der Waals surface area contributed by atoms with E-state index in [1.54, 1.807) is 24.7 Å². The van der Waals surface area contributed by atoms with Crippen LogP contribution >= 0.6 is 0 Å².